The standard InChI is InChI=1S/C19H22INO3/c1-13(22)19(24-16-5-3-2-4-6-16)21-12-17-9-7-14-11-15(20)8-10-18(14)23-17/h2-6,8,10-11,13,17,19,21-22H,7,9,12H2,1H3/t13?,17-,19?/m1/s1. The van der Waals surface area contributed by atoms with Crippen LogP contribution < -0.4 is 14.8 Å². The van der Waals surface area contributed by atoms with Crippen molar-refractivity contribution in [2.24, 2.45) is 0 Å². The molecule has 1 aliphatic heterocycles. The van der Waals surface area contributed by atoms with Gasteiger partial charge >= 0.3 is 0 Å². The van der Waals surface area contributed by atoms with Gasteiger partial charge in [0.05, 0.1) is 0 Å². The Morgan fingerprint density at radius 3 is 2.83 bits per heavy atom. The second kappa shape index (κ2) is 8.18. The lowest BCUT2D eigenvalue weighted by molar-refractivity contribution is 0.0187. The second-order valence-electron chi connectivity index (χ2n) is 6.03. The molecule has 0 amide bonds. The molecule has 3 atom stereocenters. The molecule has 24 heavy (non-hydrogen) atoms. The van der Waals surface area contributed by atoms with Crippen molar-refractivity contribution in [1.82, 2.24) is 5.32 Å². The van der Waals surface area contributed by atoms with Gasteiger partial charge in [-0.05, 0) is 78.3 Å². The van der Waals surface area contributed by atoms with Gasteiger partial charge in [0.15, 0.2) is 6.23 Å². The van der Waals surface area contributed by atoms with Crippen LogP contribution in [0.1, 0.15) is 18.9 Å². The van der Waals surface area contributed by atoms with Gasteiger partial charge in [-0.1, -0.05) is 18.2 Å². The Morgan fingerprint density at radius 1 is 1.29 bits per heavy atom. The molecular weight excluding hydrogens is 417 g/mol. The molecule has 0 aliphatic carbocycles. The summed E-state index contributed by atoms with van der Waals surface area (Å²) in [6.45, 7) is 2.35. The number of rotatable bonds is 6. The number of nitrogens with one attached hydrogen (secondary N) is 1. The van der Waals surface area contributed by atoms with E-state index in [-0.39, 0.29) is 6.10 Å². The van der Waals surface area contributed by atoms with Crippen molar-refractivity contribution < 1.29 is 14.6 Å². The molecule has 2 aromatic carbocycles. The maximum Gasteiger partial charge on any atom is 0.176 e. The molecule has 0 saturated heterocycles. The van der Waals surface area contributed by atoms with E-state index in [2.05, 4.69) is 40.0 Å². The molecule has 1 aliphatic rings. The molecular formula is C19H22INO3. The van der Waals surface area contributed by atoms with Crippen molar-refractivity contribution in [2.45, 2.75) is 38.2 Å². The molecule has 4 nitrogen and oxygen atoms in total. The number of hydrogen-bond acceptors (Lipinski definition) is 4. The van der Waals surface area contributed by atoms with Crippen molar-refractivity contribution in [1.29, 1.82) is 0 Å². The predicted octanol–water partition coefficient (Wildman–Crippen LogP) is 3.36. The minimum Gasteiger partial charge on any atom is -0.489 e. The zero-order valence-electron chi connectivity index (χ0n) is 13.6. The van der Waals surface area contributed by atoms with Gasteiger partial charge in [0.25, 0.3) is 0 Å². The molecule has 128 valence electrons. The van der Waals surface area contributed by atoms with Crippen molar-refractivity contribution in [3.8, 4) is 11.5 Å². The van der Waals surface area contributed by atoms with E-state index in [1.54, 1.807) is 6.92 Å². The average Bonchev–Trinajstić information content (AvgIpc) is 2.59. The van der Waals surface area contributed by atoms with E-state index < -0.39 is 12.3 Å². The number of aryl methyl sites for hydroxylation is 1. The lowest BCUT2D eigenvalue weighted by Gasteiger charge is -2.29. The summed E-state index contributed by atoms with van der Waals surface area (Å²) >= 11 is 2.32. The van der Waals surface area contributed by atoms with E-state index >= 15 is 0 Å². The van der Waals surface area contributed by atoms with E-state index in [4.69, 9.17) is 9.47 Å². The Morgan fingerprint density at radius 2 is 2.08 bits per heavy atom. The number of aliphatic hydroxyl groups is 1. The van der Waals surface area contributed by atoms with Gasteiger partial charge in [0.1, 0.15) is 23.7 Å². The highest BCUT2D eigenvalue weighted by Gasteiger charge is 2.23. The average molecular weight is 439 g/mol. The fourth-order valence-electron chi connectivity index (χ4n) is 2.76. The summed E-state index contributed by atoms with van der Waals surface area (Å²) in [5, 5.41) is 13.2. The number of aliphatic hydroxyl groups excluding tert-OH is 1. The van der Waals surface area contributed by atoms with Gasteiger partial charge in [-0.3, -0.25) is 5.32 Å². The summed E-state index contributed by atoms with van der Waals surface area (Å²) in [7, 11) is 0. The molecule has 0 bridgehead atoms. The van der Waals surface area contributed by atoms with Gasteiger partial charge in [-0.15, -0.1) is 0 Å². The minimum absolute atomic E-state index is 0.0817. The van der Waals surface area contributed by atoms with Gasteiger partial charge in [-0.25, -0.2) is 0 Å². The van der Waals surface area contributed by atoms with Crippen LogP contribution in [0.4, 0.5) is 0 Å². The van der Waals surface area contributed by atoms with Crippen LogP contribution in [-0.4, -0.2) is 30.1 Å². The van der Waals surface area contributed by atoms with E-state index in [0.29, 0.717) is 6.54 Å². The SMILES string of the molecule is CC(O)C(NC[C@H]1CCc2cc(I)ccc2O1)Oc1ccccc1. The first-order valence-electron chi connectivity index (χ1n) is 8.20. The number of ether oxygens (including phenoxy) is 2. The molecule has 0 radical (unpaired) electrons. The third kappa shape index (κ3) is 4.62. The van der Waals surface area contributed by atoms with Crippen LogP contribution in [0.5, 0.6) is 11.5 Å². The Balaban J connectivity index is 1.56. The van der Waals surface area contributed by atoms with Crippen LogP contribution in [0.3, 0.4) is 0 Å². The van der Waals surface area contributed by atoms with Crippen molar-refractivity contribution in [2.75, 3.05) is 6.54 Å². The monoisotopic (exact) mass is 439 g/mol. The fraction of sp³-hybridized carbons (Fsp3) is 0.368. The highest BCUT2D eigenvalue weighted by atomic mass is 127. The molecule has 0 fully saturated rings. The Bertz CT molecular complexity index is 663. The smallest absolute Gasteiger partial charge is 0.176 e. The van der Waals surface area contributed by atoms with E-state index in [1.165, 1.54) is 9.13 Å². The van der Waals surface area contributed by atoms with Crippen LogP contribution in [-0.2, 0) is 6.42 Å². The van der Waals surface area contributed by atoms with Crippen molar-refractivity contribution >= 4 is 22.6 Å². The topological polar surface area (TPSA) is 50.7 Å². The Hall–Kier alpha value is -1.31. The maximum absolute atomic E-state index is 9.96. The van der Waals surface area contributed by atoms with Gasteiger partial charge in [-0.2, -0.15) is 0 Å². The molecule has 2 unspecified atom stereocenters. The molecule has 0 spiro atoms. The Kier molecular flexibility index (Phi) is 5.97. The lowest BCUT2D eigenvalue weighted by atomic mass is 10.0. The molecule has 3 rings (SSSR count). The normalized spacial score (nSPS) is 19.0. The molecule has 2 aromatic rings. The maximum atomic E-state index is 9.96. The largest absolute Gasteiger partial charge is 0.489 e. The third-order valence-corrected chi connectivity index (χ3v) is 4.71. The number of hydrogen-bond donors (Lipinski definition) is 2. The number of para-hydroxylation sites is 1. The number of benzene rings is 2. The van der Waals surface area contributed by atoms with Crippen LogP contribution in [0.15, 0.2) is 48.5 Å². The summed E-state index contributed by atoms with van der Waals surface area (Å²) in [6.07, 6.45) is 0.963. The lowest BCUT2D eigenvalue weighted by Crippen LogP contribution is -2.47. The predicted molar refractivity (Wildman–Crippen MR) is 102 cm³/mol. The molecule has 5 heteroatoms. The number of fused-ring (bicyclic) bond motifs is 1. The Labute approximate surface area is 156 Å². The summed E-state index contributed by atoms with van der Waals surface area (Å²) < 4.78 is 13.1. The van der Waals surface area contributed by atoms with Gasteiger partial charge in [0, 0.05) is 10.1 Å². The molecule has 1 heterocycles. The quantitative estimate of drug-likeness (QED) is 0.536. The summed E-state index contributed by atoms with van der Waals surface area (Å²) in [5.41, 5.74) is 1.27. The minimum atomic E-state index is -0.623. The van der Waals surface area contributed by atoms with Crippen LogP contribution in [0.25, 0.3) is 0 Å². The van der Waals surface area contributed by atoms with Gasteiger partial charge in [0.2, 0.25) is 0 Å². The highest BCUT2D eigenvalue weighted by molar-refractivity contribution is 14.1. The van der Waals surface area contributed by atoms with E-state index in [1.807, 2.05) is 36.4 Å². The first-order chi connectivity index (χ1) is 11.6. The molecule has 0 aromatic heterocycles. The molecule has 0 saturated carbocycles. The van der Waals surface area contributed by atoms with Crippen LogP contribution >= 0.6 is 22.6 Å². The zero-order valence-corrected chi connectivity index (χ0v) is 15.8. The highest BCUT2D eigenvalue weighted by Crippen LogP contribution is 2.28. The second-order valence-corrected chi connectivity index (χ2v) is 7.28. The van der Waals surface area contributed by atoms with Crippen molar-refractivity contribution in [3.05, 3.63) is 57.7 Å². The third-order valence-electron chi connectivity index (χ3n) is 4.04. The van der Waals surface area contributed by atoms with E-state index in [9.17, 15) is 5.11 Å². The fourth-order valence-corrected chi connectivity index (χ4v) is 3.32. The van der Waals surface area contributed by atoms with E-state index in [0.717, 1.165) is 24.3 Å². The van der Waals surface area contributed by atoms with Crippen LogP contribution in [0, 0.1) is 3.57 Å². The van der Waals surface area contributed by atoms with Crippen molar-refractivity contribution in [3.63, 3.8) is 0 Å². The first kappa shape index (κ1) is 17.5. The summed E-state index contributed by atoms with van der Waals surface area (Å²) in [6, 6.07) is 15.8. The zero-order chi connectivity index (χ0) is 16.9. The summed E-state index contributed by atoms with van der Waals surface area (Å²) in [5.74, 6) is 1.70. The van der Waals surface area contributed by atoms with Gasteiger partial charge < -0.3 is 14.6 Å². The molecule has 2 N–H and O–H groups in total. The number of halogens is 1. The summed E-state index contributed by atoms with van der Waals surface area (Å²) in [4.78, 5) is 0. The first-order valence-corrected chi connectivity index (χ1v) is 9.28. The van der Waals surface area contributed by atoms with Crippen LogP contribution in [0.2, 0.25) is 0 Å².